The Hall–Kier alpha value is -1.93. The molecule has 1 rings (SSSR count). The normalized spacial score (nSPS) is 10.7. The van der Waals surface area contributed by atoms with E-state index in [4.69, 9.17) is 10.4 Å². The number of nitrogens with zero attached hydrogens (tertiary/aromatic N) is 2. The molecule has 17 heavy (non-hydrogen) atoms. The molecule has 2 N–H and O–H groups in total. The van der Waals surface area contributed by atoms with E-state index >= 15 is 0 Å². The number of rotatable bonds is 4. The maximum Gasteiger partial charge on any atom is 0.270 e. The Bertz CT molecular complexity index is 432. The van der Waals surface area contributed by atoms with E-state index in [2.05, 4.69) is 10.3 Å². The van der Waals surface area contributed by atoms with E-state index < -0.39 is 5.54 Å². The lowest BCUT2D eigenvalue weighted by molar-refractivity contribution is 0.0894. The average Bonchev–Trinajstić information content (AvgIpc) is 2.28. The predicted octanol–water partition coefficient (Wildman–Crippen LogP) is 0.844. The number of aliphatic hydroxyl groups is 1. The number of aliphatic hydroxyl groups excluding tert-OH is 1. The maximum absolute atomic E-state index is 11.8. The Morgan fingerprint density at radius 1 is 1.59 bits per heavy atom. The van der Waals surface area contributed by atoms with Gasteiger partial charge in [-0.1, -0.05) is 0 Å². The van der Waals surface area contributed by atoms with Crippen LogP contribution in [0.1, 0.15) is 36.3 Å². The van der Waals surface area contributed by atoms with Gasteiger partial charge < -0.3 is 10.4 Å². The van der Waals surface area contributed by atoms with Crippen molar-refractivity contribution in [2.24, 2.45) is 0 Å². The third kappa shape index (κ3) is 3.85. The van der Waals surface area contributed by atoms with Crippen molar-refractivity contribution in [3.05, 3.63) is 29.6 Å². The van der Waals surface area contributed by atoms with Crippen LogP contribution < -0.4 is 5.32 Å². The molecule has 0 saturated carbocycles. The topological polar surface area (TPSA) is 86.0 Å². The van der Waals surface area contributed by atoms with Crippen molar-refractivity contribution in [2.45, 2.75) is 25.8 Å². The lowest BCUT2D eigenvalue weighted by atomic mass is 10.0. The molecule has 1 amide bonds. The predicted molar refractivity (Wildman–Crippen MR) is 62.2 cm³/mol. The molecule has 0 aliphatic rings. The van der Waals surface area contributed by atoms with Gasteiger partial charge in [0.1, 0.15) is 11.8 Å². The summed E-state index contributed by atoms with van der Waals surface area (Å²) < 4.78 is 0. The number of carbonyl (C=O) groups excluding carboxylic acids is 1. The number of aromatic nitrogens is 1. The lowest BCUT2D eigenvalue weighted by Crippen LogP contribution is -2.44. The van der Waals surface area contributed by atoms with Crippen LogP contribution in [0.2, 0.25) is 0 Å². The molecule has 0 aromatic carbocycles. The zero-order valence-corrected chi connectivity index (χ0v) is 9.90. The molecule has 1 aromatic heterocycles. The third-order valence-electron chi connectivity index (χ3n) is 2.31. The van der Waals surface area contributed by atoms with E-state index in [0.29, 0.717) is 12.0 Å². The van der Waals surface area contributed by atoms with Gasteiger partial charge in [0, 0.05) is 18.3 Å². The summed E-state index contributed by atoms with van der Waals surface area (Å²) in [5.74, 6) is -0.312. The van der Waals surface area contributed by atoms with Crippen LogP contribution in [0.5, 0.6) is 0 Å². The van der Waals surface area contributed by atoms with Gasteiger partial charge in [0.25, 0.3) is 5.91 Å². The minimum atomic E-state index is -0.485. The first-order chi connectivity index (χ1) is 7.98. The smallest absolute Gasteiger partial charge is 0.270 e. The zero-order chi connectivity index (χ0) is 12.9. The van der Waals surface area contributed by atoms with E-state index in [1.165, 1.54) is 12.3 Å². The van der Waals surface area contributed by atoms with E-state index in [9.17, 15) is 4.79 Å². The van der Waals surface area contributed by atoms with Gasteiger partial charge >= 0.3 is 0 Å². The quantitative estimate of drug-likeness (QED) is 0.807. The highest BCUT2D eigenvalue weighted by atomic mass is 16.3. The first-order valence-corrected chi connectivity index (χ1v) is 5.28. The second-order valence-corrected chi connectivity index (χ2v) is 4.36. The summed E-state index contributed by atoms with van der Waals surface area (Å²) in [6.45, 7) is 3.66. The van der Waals surface area contributed by atoms with Crippen LogP contribution in [0.3, 0.4) is 0 Å². The molecular formula is C12H15N3O2. The summed E-state index contributed by atoms with van der Waals surface area (Å²) in [5, 5.41) is 20.2. The summed E-state index contributed by atoms with van der Waals surface area (Å²) in [4.78, 5) is 15.7. The highest BCUT2D eigenvalue weighted by Crippen LogP contribution is 2.09. The highest BCUT2D eigenvalue weighted by molar-refractivity contribution is 5.92. The Morgan fingerprint density at radius 3 is 2.76 bits per heavy atom. The van der Waals surface area contributed by atoms with Crippen molar-refractivity contribution in [1.29, 1.82) is 5.26 Å². The van der Waals surface area contributed by atoms with Gasteiger partial charge in [0.05, 0.1) is 5.56 Å². The van der Waals surface area contributed by atoms with Gasteiger partial charge in [0.15, 0.2) is 0 Å². The van der Waals surface area contributed by atoms with E-state index in [-0.39, 0.29) is 18.2 Å². The highest BCUT2D eigenvalue weighted by Gasteiger charge is 2.20. The zero-order valence-electron chi connectivity index (χ0n) is 9.90. The van der Waals surface area contributed by atoms with Gasteiger partial charge in [0.2, 0.25) is 0 Å². The fourth-order valence-corrected chi connectivity index (χ4v) is 1.31. The molecule has 5 heteroatoms. The molecule has 0 radical (unpaired) electrons. The number of nitriles is 1. The molecule has 0 unspecified atom stereocenters. The summed E-state index contributed by atoms with van der Waals surface area (Å²) in [7, 11) is 0. The van der Waals surface area contributed by atoms with Crippen molar-refractivity contribution in [1.82, 2.24) is 10.3 Å². The standard InChI is InChI=1S/C12H15N3O2/c1-12(2,5-6-16)15-11(17)10-4-3-9(7-13)8-14-10/h3-4,8,16H,5-6H2,1-2H3,(H,15,17). The summed E-state index contributed by atoms with van der Waals surface area (Å²) in [6, 6.07) is 4.98. The molecule has 0 aliphatic carbocycles. The molecule has 90 valence electrons. The molecule has 1 heterocycles. The van der Waals surface area contributed by atoms with Crippen LogP contribution in [-0.4, -0.2) is 28.1 Å². The van der Waals surface area contributed by atoms with E-state index in [1.54, 1.807) is 6.07 Å². The number of hydrogen-bond donors (Lipinski definition) is 2. The number of nitrogens with one attached hydrogen (secondary N) is 1. The van der Waals surface area contributed by atoms with Crippen molar-refractivity contribution in [2.75, 3.05) is 6.61 Å². The monoisotopic (exact) mass is 233 g/mol. The van der Waals surface area contributed by atoms with E-state index in [1.807, 2.05) is 19.9 Å². The maximum atomic E-state index is 11.8. The van der Waals surface area contributed by atoms with Crippen molar-refractivity contribution in [3.63, 3.8) is 0 Å². The SMILES string of the molecule is CC(C)(CCO)NC(=O)c1ccc(C#N)cn1. The molecule has 0 bridgehead atoms. The van der Waals surface area contributed by atoms with Gasteiger partial charge in [-0.25, -0.2) is 4.98 Å². The molecule has 0 atom stereocenters. The van der Waals surface area contributed by atoms with Gasteiger partial charge in [-0.3, -0.25) is 4.79 Å². The largest absolute Gasteiger partial charge is 0.396 e. The van der Waals surface area contributed by atoms with Crippen LogP contribution in [-0.2, 0) is 0 Å². The number of carbonyl (C=O) groups is 1. The summed E-state index contributed by atoms with van der Waals surface area (Å²) in [5.41, 5.74) is 0.188. The fourth-order valence-electron chi connectivity index (χ4n) is 1.31. The number of pyridine rings is 1. The lowest BCUT2D eigenvalue weighted by Gasteiger charge is -2.25. The second-order valence-electron chi connectivity index (χ2n) is 4.36. The van der Waals surface area contributed by atoms with Crippen LogP contribution in [0.15, 0.2) is 18.3 Å². The first kappa shape index (κ1) is 13.1. The second kappa shape index (κ2) is 5.41. The molecule has 1 aromatic rings. The Labute approximate surface area is 100 Å². The third-order valence-corrected chi connectivity index (χ3v) is 2.31. The molecule has 0 aliphatic heterocycles. The minimum Gasteiger partial charge on any atom is -0.396 e. The Balaban J connectivity index is 2.73. The van der Waals surface area contributed by atoms with E-state index in [0.717, 1.165) is 0 Å². The van der Waals surface area contributed by atoms with Crippen LogP contribution >= 0.6 is 0 Å². The number of amides is 1. The molecule has 0 fully saturated rings. The average molecular weight is 233 g/mol. The minimum absolute atomic E-state index is 0.00801. The van der Waals surface area contributed by atoms with Crippen LogP contribution in [0, 0.1) is 11.3 Å². The molecule has 0 spiro atoms. The van der Waals surface area contributed by atoms with Crippen molar-refractivity contribution < 1.29 is 9.90 Å². The number of hydrogen-bond acceptors (Lipinski definition) is 4. The van der Waals surface area contributed by atoms with Crippen molar-refractivity contribution in [3.8, 4) is 6.07 Å². The fraction of sp³-hybridized carbons (Fsp3) is 0.417. The molecule has 5 nitrogen and oxygen atoms in total. The molecule has 0 saturated heterocycles. The summed E-state index contributed by atoms with van der Waals surface area (Å²) >= 11 is 0. The van der Waals surface area contributed by atoms with Crippen LogP contribution in [0.4, 0.5) is 0 Å². The summed E-state index contributed by atoms with van der Waals surface area (Å²) in [6.07, 6.45) is 1.82. The first-order valence-electron chi connectivity index (χ1n) is 5.28. The van der Waals surface area contributed by atoms with Crippen LogP contribution in [0.25, 0.3) is 0 Å². The van der Waals surface area contributed by atoms with Gasteiger partial charge in [-0.05, 0) is 32.4 Å². The van der Waals surface area contributed by atoms with Crippen molar-refractivity contribution >= 4 is 5.91 Å². The Morgan fingerprint density at radius 2 is 2.29 bits per heavy atom. The Kier molecular flexibility index (Phi) is 4.18. The van der Waals surface area contributed by atoms with Gasteiger partial charge in [-0.15, -0.1) is 0 Å². The molecular weight excluding hydrogens is 218 g/mol. The van der Waals surface area contributed by atoms with Gasteiger partial charge in [-0.2, -0.15) is 5.26 Å².